The third kappa shape index (κ3) is 3.55. The molecule has 1 N–H and O–H groups in total. The summed E-state index contributed by atoms with van der Waals surface area (Å²) in [6.45, 7) is 5.82. The molecule has 1 nitrogen and oxygen atoms in total. The molecule has 0 spiro atoms. The van der Waals surface area contributed by atoms with E-state index in [0.717, 1.165) is 5.92 Å². The molecule has 96 valence electrons. The minimum atomic E-state index is 0.345. The quantitative estimate of drug-likeness (QED) is 0.776. The van der Waals surface area contributed by atoms with Crippen LogP contribution in [0.15, 0.2) is 14.3 Å². The molecule has 4 heteroatoms. The van der Waals surface area contributed by atoms with E-state index in [4.69, 9.17) is 0 Å². The second kappa shape index (κ2) is 5.72. The molecule has 17 heavy (non-hydrogen) atoms. The van der Waals surface area contributed by atoms with E-state index in [-0.39, 0.29) is 0 Å². The Morgan fingerprint density at radius 1 is 1.47 bits per heavy atom. The van der Waals surface area contributed by atoms with Gasteiger partial charge in [0.05, 0.1) is 3.79 Å². The molecule has 1 aliphatic rings. The number of hydrogen-bond donors (Lipinski definition) is 1. The first-order valence-electron chi connectivity index (χ1n) is 6.19. The van der Waals surface area contributed by atoms with Crippen LogP contribution in [-0.4, -0.2) is 12.1 Å². The smallest absolute Gasteiger partial charge is 0.0843 e. The standard InChI is InChI=1S/C13H19Br2NS/c1-9(2)7-13(4-3-5-16-13)8-10-6-11(14)12(15)17-10/h6,9,16H,3-5,7-8H2,1-2H3. The van der Waals surface area contributed by atoms with Crippen LogP contribution in [0.1, 0.15) is 38.0 Å². The van der Waals surface area contributed by atoms with E-state index in [1.807, 2.05) is 11.3 Å². The number of rotatable bonds is 4. The molecule has 0 bridgehead atoms. The fourth-order valence-electron chi connectivity index (χ4n) is 2.86. The van der Waals surface area contributed by atoms with Gasteiger partial charge in [0, 0.05) is 21.3 Å². The molecule has 2 rings (SSSR count). The molecule has 1 unspecified atom stereocenters. The number of hydrogen-bond acceptors (Lipinski definition) is 2. The second-order valence-corrected chi connectivity index (χ2v) is 8.73. The molecule has 0 aromatic carbocycles. The maximum absolute atomic E-state index is 3.75. The Bertz CT molecular complexity index is 361. The van der Waals surface area contributed by atoms with Gasteiger partial charge in [0.1, 0.15) is 0 Å². The third-order valence-electron chi connectivity index (χ3n) is 3.34. The first-order chi connectivity index (χ1) is 8.01. The lowest BCUT2D eigenvalue weighted by Crippen LogP contribution is -2.42. The lowest BCUT2D eigenvalue weighted by Gasteiger charge is -2.31. The normalized spacial score (nSPS) is 24.8. The van der Waals surface area contributed by atoms with Gasteiger partial charge in [0.25, 0.3) is 0 Å². The van der Waals surface area contributed by atoms with Crippen LogP contribution in [0.2, 0.25) is 0 Å². The fourth-order valence-corrected chi connectivity index (χ4v) is 5.18. The van der Waals surface area contributed by atoms with Crippen molar-refractivity contribution in [3.63, 3.8) is 0 Å². The number of thiophene rings is 1. The van der Waals surface area contributed by atoms with Crippen molar-refractivity contribution in [1.82, 2.24) is 5.32 Å². The number of nitrogens with one attached hydrogen (secondary N) is 1. The van der Waals surface area contributed by atoms with Crippen molar-refractivity contribution in [3.05, 3.63) is 19.2 Å². The summed E-state index contributed by atoms with van der Waals surface area (Å²) in [4.78, 5) is 1.47. The van der Waals surface area contributed by atoms with Crippen LogP contribution in [0.4, 0.5) is 0 Å². The molecule has 2 heterocycles. The Labute approximate surface area is 125 Å². The summed E-state index contributed by atoms with van der Waals surface area (Å²) in [7, 11) is 0. The van der Waals surface area contributed by atoms with E-state index in [0.29, 0.717) is 5.54 Å². The maximum atomic E-state index is 3.75. The van der Waals surface area contributed by atoms with Crippen molar-refractivity contribution in [2.45, 2.75) is 45.1 Å². The Morgan fingerprint density at radius 3 is 2.71 bits per heavy atom. The highest BCUT2D eigenvalue weighted by Crippen LogP contribution is 2.37. The third-order valence-corrected chi connectivity index (χ3v) is 6.60. The molecule has 0 amide bonds. The second-order valence-electron chi connectivity index (χ2n) is 5.42. The van der Waals surface area contributed by atoms with Gasteiger partial charge in [0.15, 0.2) is 0 Å². The summed E-state index contributed by atoms with van der Waals surface area (Å²) >= 11 is 9.02. The molecule has 1 aromatic rings. The minimum absolute atomic E-state index is 0.345. The van der Waals surface area contributed by atoms with Crippen molar-refractivity contribution in [2.24, 2.45) is 5.92 Å². The summed E-state index contributed by atoms with van der Waals surface area (Å²) in [5.74, 6) is 0.757. The van der Waals surface area contributed by atoms with Gasteiger partial charge in [-0.2, -0.15) is 0 Å². The zero-order chi connectivity index (χ0) is 12.5. The Morgan fingerprint density at radius 2 is 2.24 bits per heavy atom. The van der Waals surface area contributed by atoms with Crippen LogP contribution in [0, 0.1) is 5.92 Å². The average molecular weight is 381 g/mol. The maximum Gasteiger partial charge on any atom is 0.0843 e. The minimum Gasteiger partial charge on any atom is -0.311 e. The summed E-state index contributed by atoms with van der Waals surface area (Å²) in [5, 5.41) is 3.75. The van der Waals surface area contributed by atoms with E-state index in [9.17, 15) is 0 Å². The molecule has 0 saturated carbocycles. The predicted octanol–water partition coefficient (Wildman–Crippen LogP) is 4.98. The van der Waals surface area contributed by atoms with Crippen LogP contribution in [-0.2, 0) is 6.42 Å². The Kier molecular flexibility index (Phi) is 4.73. The molecular formula is C13H19Br2NS. The van der Waals surface area contributed by atoms with Crippen molar-refractivity contribution in [2.75, 3.05) is 6.54 Å². The van der Waals surface area contributed by atoms with Gasteiger partial charge >= 0.3 is 0 Å². The first kappa shape index (κ1) is 14.0. The van der Waals surface area contributed by atoms with E-state index in [2.05, 4.69) is 57.1 Å². The van der Waals surface area contributed by atoms with Crippen LogP contribution in [0.5, 0.6) is 0 Å². The van der Waals surface area contributed by atoms with Crippen LogP contribution in [0.3, 0.4) is 0 Å². The Hall–Kier alpha value is 0.620. The first-order valence-corrected chi connectivity index (χ1v) is 8.60. The van der Waals surface area contributed by atoms with Crippen LogP contribution < -0.4 is 5.32 Å². The zero-order valence-corrected chi connectivity index (χ0v) is 14.3. The van der Waals surface area contributed by atoms with Crippen LogP contribution >= 0.6 is 43.2 Å². The Balaban J connectivity index is 2.12. The SMILES string of the molecule is CC(C)CC1(Cc2cc(Br)c(Br)s2)CCCN1. The van der Waals surface area contributed by atoms with Gasteiger partial charge in [-0.3, -0.25) is 0 Å². The van der Waals surface area contributed by atoms with Gasteiger partial charge in [-0.25, -0.2) is 0 Å². The van der Waals surface area contributed by atoms with Crippen molar-refractivity contribution in [1.29, 1.82) is 0 Å². The van der Waals surface area contributed by atoms with Gasteiger partial charge < -0.3 is 5.32 Å². The van der Waals surface area contributed by atoms with E-state index in [1.54, 1.807) is 0 Å². The predicted molar refractivity (Wildman–Crippen MR) is 82.8 cm³/mol. The molecule has 0 radical (unpaired) electrons. The molecule has 1 saturated heterocycles. The highest BCUT2D eigenvalue weighted by Gasteiger charge is 2.34. The van der Waals surface area contributed by atoms with Gasteiger partial charge in [-0.05, 0) is 69.7 Å². The zero-order valence-electron chi connectivity index (χ0n) is 10.4. The van der Waals surface area contributed by atoms with Crippen molar-refractivity contribution >= 4 is 43.2 Å². The molecule has 1 aliphatic heterocycles. The molecule has 0 aliphatic carbocycles. The average Bonchev–Trinajstić information content (AvgIpc) is 2.75. The van der Waals surface area contributed by atoms with E-state index < -0.39 is 0 Å². The van der Waals surface area contributed by atoms with Gasteiger partial charge in [-0.15, -0.1) is 11.3 Å². The lowest BCUT2D eigenvalue weighted by atomic mass is 9.84. The van der Waals surface area contributed by atoms with Crippen LogP contribution in [0.25, 0.3) is 0 Å². The summed E-state index contributed by atoms with van der Waals surface area (Å²) in [6.07, 6.45) is 5.08. The van der Waals surface area contributed by atoms with E-state index in [1.165, 1.54) is 45.4 Å². The largest absolute Gasteiger partial charge is 0.311 e. The van der Waals surface area contributed by atoms with Crippen molar-refractivity contribution in [3.8, 4) is 0 Å². The molecular weight excluding hydrogens is 362 g/mol. The highest BCUT2D eigenvalue weighted by molar-refractivity contribution is 9.13. The van der Waals surface area contributed by atoms with E-state index >= 15 is 0 Å². The van der Waals surface area contributed by atoms with Gasteiger partial charge in [0.2, 0.25) is 0 Å². The monoisotopic (exact) mass is 379 g/mol. The topological polar surface area (TPSA) is 12.0 Å². The molecule has 1 atom stereocenters. The summed E-state index contributed by atoms with van der Waals surface area (Å²) in [6, 6.07) is 2.26. The lowest BCUT2D eigenvalue weighted by molar-refractivity contribution is 0.303. The summed E-state index contributed by atoms with van der Waals surface area (Å²) < 4.78 is 2.40. The van der Waals surface area contributed by atoms with Gasteiger partial charge in [-0.1, -0.05) is 13.8 Å². The molecule has 1 aromatic heterocycles. The number of halogens is 2. The highest BCUT2D eigenvalue weighted by atomic mass is 79.9. The van der Waals surface area contributed by atoms with Crippen molar-refractivity contribution < 1.29 is 0 Å². The fraction of sp³-hybridized carbons (Fsp3) is 0.692. The molecule has 1 fully saturated rings. The summed E-state index contributed by atoms with van der Waals surface area (Å²) in [5.41, 5.74) is 0.345.